The number of carbonyl (C=O) groups excluding carboxylic acids is 1. The van der Waals surface area contributed by atoms with Crippen molar-refractivity contribution in [3.8, 4) is 33.7 Å². The summed E-state index contributed by atoms with van der Waals surface area (Å²) in [4.78, 5) is 18.2. The SMILES string of the molecule is C[C@H]1[C@@H](CSc2nc(-c3ccccc3)c(-c3ccccc3)o2)O[C@@H](c2ccc(-c3cccc(CNC(=O)NC45CC6CC(CC(C6)C4)C5)c3)cc2)O[C@H]1c1ccc(CO)cc1. The summed E-state index contributed by atoms with van der Waals surface area (Å²) < 4.78 is 20.1. The quantitative estimate of drug-likeness (QED) is 0.105. The minimum Gasteiger partial charge on any atom is -0.431 e. The van der Waals surface area contributed by atoms with Crippen molar-refractivity contribution in [3.63, 3.8) is 0 Å². The van der Waals surface area contributed by atoms with Crippen LogP contribution in [0.25, 0.3) is 33.7 Å². The standard InChI is InChI=1S/C52H53N3O5S/c1-33-45(32-61-51-54-46(40-10-4-2-5-11-40)48(60-51)41-12-6-3-7-13-41)58-49(59-47(33)42-17-15-34(31-56)16-18-42)43-21-19-39(20-22-43)44-14-8-9-35(26-44)30-53-50(57)55-52-27-36-23-37(28-52)25-38(24-36)29-52/h2-22,26,33,36-38,45,47,49,56H,23-25,27-32H2,1H3,(H2,53,55,57)/t33-,36?,37?,38?,45+,47+,49+,52?/m0/s1. The lowest BCUT2D eigenvalue weighted by atomic mass is 9.53. The fraction of sp³-hybridized carbons (Fsp3) is 0.346. The van der Waals surface area contributed by atoms with Gasteiger partial charge >= 0.3 is 6.03 Å². The smallest absolute Gasteiger partial charge is 0.315 e. The van der Waals surface area contributed by atoms with Crippen molar-refractivity contribution in [2.75, 3.05) is 5.75 Å². The maximum absolute atomic E-state index is 13.2. The third-order valence-corrected chi connectivity index (χ3v) is 14.4. The Kier molecular flexibility index (Phi) is 11.3. The van der Waals surface area contributed by atoms with Crippen LogP contribution in [-0.2, 0) is 22.6 Å². The fourth-order valence-corrected chi connectivity index (χ4v) is 11.8. The van der Waals surface area contributed by atoms with Crippen molar-refractivity contribution in [3.05, 3.63) is 156 Å². The Morgan fingerprint density at radius 1 is 0.721 bits per heavy atom. The van der Waals surface area contributed by atoms with Gasteiger partial charge in [0.2, 0.25) is 0 Å². The van der Waals surface area contributed by atoms with Gasteiger partial charge in [0.1, 0.15) is 5.69 Å². The van der Waals surface area contributed by atoms with Gasteiger partial charge in [-0.15, -0.1) is 0 Å². The molecule has 6 aromatic rings. The fourth-order valence-electron chi connectivity index (χ4n) is 10.8. The van der Waals surface area contributed by atoms with E-state index in [1.165, 1.54) is 19.3 Å². The highest BCUT2D eigenvalue weighted by atomic mass is 32.2. The summed E-state index contributed by atoms with van der Waals surface area (Å²) in [6.07, 6.45) is 6.44. The molecule has 1 aliphatic heterocycles. The number of urea groups is 1. The van der Waals surface area contributed by atoms with Gasteiger partial charge in [0.25, 0.3) is 5.22 Å². The number of benzene rings is 5. The van der Waals surface area contributed by atoms with Crippen molar-refractivity contribution in [1.29, 1.82) is 0 Å². The first-order valence-electron chi connectivity index (χ1n) is 21.9. The summed E-state index contributed by atoms with van der Waals surface area (Å²) in [7, 11) is 0. The first kappa shape index (κ1) is 39.9. The molecule has 61 heavy (non-hydrogen) atoms. The van der Waals surface area contributed by atoms with E-state index in [4.69, 9.17) is 18.9 Å². The molecular weight excluding hydrogens is 779 g/mol. The average molecular weight is 832 g/mol. The van der Waals surface area contributed by atoms with Gasteiger partial charge in [0.05, 0.1) is 18.8 Å². The molecular formula is C52H53N3O5S. The molecule has 0 unspecified atom stereocenters. The number of aliphatic hydroxyl groups excluding tert-OH is 1. The molecule has 3 N–H and O–H groups in total. The summed E-state index contributed by atoms with van der Waals surface area (Å²) in [5.74, 6) is 3.72. The summed E-state index contributed by atoms with van der Waals surface area (Å²) in [6, 6.07) is 45.0. The summed E-state index contributed by atoms with van der Waals surface area (Å²) >= 11 is 1.55. The van der Waals surface area contributed by atoms with E-state index in [2.05, 4.69) is 78.2 Å². The van der Waals surface area contributed by atoms with Crippen molar-refractivity contribution >= 4 is 17.8 Å². The third kappa shape index (κ3) is 8.67. The molecule has 4 bridgehead atoms. The number of oxazole rings is 1. The first-order valence-corrected chi connectivity index (χ1v) is 22.9. The van der Waals surface area contributed by atoms with E-state index in [-0.39, 0.29) is 36.3 Å². The Bertz CT molecular complexity index is 2350. The van der Waals surface area contributed by atoms with Gasteiger partial charge in [0, 0.05) is 40.4 Å². The van der Waals surface area contributed by atoms with Crippen LogP contribution >= 0.6 is 11.8 Å². The van der Waals surface area contributed by atoms with Crippen LogP contribution < -0.4 is 10.6 Å². The van der Waals surface area contributed by atoms with Crippen LogP contribution in [0.4, 0.5) is 4.79 Å². The molecule has 1 aromatic heterocycles. The van der Waals surface area contributed by atoms with Gasteiger partial charge in [-0.2, -0.15) is 0 Å². The number of amides is 2. The third-order valence-electron chi connectivity index (χ3n) is 13.5. The van der Waals surface area contributed by atoms with Crippen LogP contribution in [0.15, 0.2) is 143 Å². The molecule has 0 radical (unpaired) electrons. The molecule has 1 saturated heterocycles. The van der Waals surface area contributed by atoms with E-state index < -0.39 is 6.29 Å². The van der Waals surface area contributed by atoms with Gasteiger partial charge in [-0.25, -0.2) is 9.78 Å². The van der Waals surface area contributed by atoms with Gasteiger partial charge in [-0.3, -0.25) is 0 Å². The molecule has 5 aromatic carbocycles. The van der Waals surface area contributed by atoms with Crippen molar-refractivity contribution in [2.45, 2.75) is 87.9 Å². The first-order chi connectivity index (χ1) is 29.9. The zero-order chi connectivity index (χ0) is 41.3. The summed E-state index contributed by atoms with van der Waals surface area (Å²) in [6.45, 7) is 2.63. The molecule has 4 saturated carbocycles. The normalized spacial score (nSPS) is 26.6. The Morgan fingerprint density at radius 2 is 1.36 bits per heavy atom. The highest BCUT2D eigenvalue weighted by Crippen LogP contribution is 2.55. The molecule has 5 aliphatic rings. The lowest BCUT2D eigenvalue weighted by Gasteiger charge is -2.56. The van der Waals surface area contributed by atoms with Crippen molar-refractivity contribution < 1.29 is 23.8 Å². The minimum atomic E-state index is -0.606. The van der Waals surface area contributed by atoms with E-state index >= 15 is 0 Å². The molecule has 11 rings (SSSR count). The number of nitrogens with one attached hydrogen (secondary N) is 2. The zero-order valence-corrected chi connectivity index (χ0v) is 35.4. The van der Waals surface area contributed by atoms with E-state index in [1.807, 2.05) is 72.8 Å². The molecule has 2 amide bonds. The van der Waals surface area contributed by atoms with Gasteiger partial charge < -0.3 is 29.6 Å². The number of rotatable bonds is 12. The topological polar surface area (TPSA) is 106 Å². The molecule has 2 heterocycles. The summed E-state index contributed by atoms with van der Waals surface area (Å²) in [5, 5.41) is 16.9. The van der Waals surface area contributed by atoms with E-state index in [1.54, 1.807) is 11.8 Å². The van der Waals surface area contributed by atoms with Crippen LogP contribution in [0, 0.1) is 23.7 Å². The average Bonchev–Trinajstić information content (AvgIpc) is 3.73. The maximum Gasteiger partial charge on any atom is 0.315 e. The molecule has 9 heteroatoms. The molecule has 312 valence electrons. The number of ether oxygens (including phenoxy) is 2. The number of nitrogens with zero attached hydrogens (tertiary/aromatic N) is 1. The van der Waals surface area contributed by atoms with Crippen LogP contribution in [0.2, 0.25) is 0 Å². The number of carbonyl (C=O) groups is 1. The van der Waals surface area contributed by atoms with Gasteiger partial charge in [0.15, 0.2) is 12.1 Å². The summed E-state index contributed by atoms with van der Waals surface area (Å²) in [5.41, 5.74) is 8.82. The molecule has 8 nitrogen and oxygen atoms in total. The van der Waals surface area contributed by atoms with Crippen LogP contribution in [-0.4, -0.2) is 33.5 Å². The number of aromatic nitrogens is 1. The second-order valence-corrected chi connectivity index (χ2v) is 18.8. The number of aliphatic hydroxyl groups is 1. The van der Waals surface area contributed by atoms with Crippen molar-refractivity contribution in [1.82, 2.24) is 15.6 Å². The number of thioether (sulfide) groups is 1. The Morgan fingerprint density at radius 3 is 2.03 bits per heavy atom. The lowest BCUT2D eigenvalue weighted by Crippen LogP contribution is -2.61. The van der Waals surface area contributed by atoms with Crippen LogP contribution in [0.1, 0.15) is 80.1 Å². The predicted molar refractivity (Wildman–Crippen MR) is 239 cm³/mol. The zero-order valence-electron chi connectivity index (χ0n) is 34.5. The number of hydrogen-bond acceptors (Lipinski definition) is 7. The number of hydrogen-bond donors (Lipinski definition) is 3. The molecule has 4 atom stereocenters. The Balaban J connectivity index is 0.841. The largest absolute Gasteiger partial charge is 0.431 e. The van der Waals surface area contributed by atoms with Crippen LogP contribution in [0.5, 0.6) is 0 Å². The van der Waals surface area contributed by atoms with Crippen LogP contribution in [0.3, 0.4) is 0 Å². The molecule has 0 spiro atoms. The van der Waals surface area contributed by atoms with E-state index in [0.717, 1.165) is 93.0 Å². The molecule has 5 fully saturated rings. The predicted octanol–water partition coefficient (Wildman–Crippen LogP) is 11.5. The van der Waals surface area contributed by atoms with E-state index in [0.29, 0.717) is 17.5 Å². The highest BCUT2D eigenvalue weighted by molar-refractivity contribution is 7.99. The molecule has 4 aliphatic carbocycles. The highest BCUT2D eigenvalue weighted by Gasteiger charge is 2.51. The van der Waals surface area contributed by atoms with Gasteiger partial charge in [-0.1, -0.05) is 146 Å². The van der Waals surface area contributed by atoms with Gasteiger partial charge in [-0.05, 0) is 90.2 Å². The minimum absolute atomic E-state index is 0.00564. The Hall–Kier alpha value is -5.19. The Labute approximate surface area is 362 Å². The second-order valence-electron chi connectivity index (χ2n) is 17.9. The van der Waals surface area contributed by atoms with E-state index in [9.17, 15) is 9.90 Å². The maximum atomic E-state index is 13.2. The monoisotopic (exact) mass is 831 g/mol. The van der Waals surface area contributed by atoms with Crippen molar-refractivity contribution in [2.24, 2.45) is 23.7 Å². The lowest BCUT2D eigenvalue weighted by molar-refractivity contribution is -0.268. The second kappa shape index (κ2) is 17.3.